The molecule has 94 valence electrons. The van der Waals surface area contributed by atoms with E-state index in [1.807, 2.05) is 16.9 Å². The van der Waals surface area contributed by atoms with Crippen molar-refractivity contribution in [1.82, 2.24) is 9.78 Å². The van der Waals surface area contributed by atoms with Gasteiger partial charge in [-0.05, 0) is 43.5 Å². The molecule has 1 aromatic heterocycles. The van der Waals surface area contributed by atoms with Gasteiger partial charge < -0.3 is 5.73 Å². The molecule has 1 heterocycles. The summed E-state index contributed by atoms with van der Waals surface area (Å²) in [5.41, 5.74) is 9.86. The molecule has 1 aromatic carbocycles. The molecule has 0 unspecified atom stereocenters. The largest absolute Gasteiger partial charge is 0.321 e. The lowest BCUT2D eigenvalue weighted by Gasteiger charge is -2.24. The maximum atomic E-state index is 6.46. The van der Waals surface area contributed by atoms with Crippen LogP contribution >= 0.6 is 0 Å². The molecule has 3 heteroatoms. The second kappa shape index (κ2) is 4.25. The molecule has 0 spiro atoms. The Labute approximate surface area is 108 Å². The lowest BCUT2D eigenvalue weighted by molar-refractivity contribution is 0.461. The molecule has 0 aliphatic heterocycles. The summed E-state index contributed by atoms with van der Waals surface area (Å²) in [5.74, 6) is 0. The Morgan fingerprint density at radius 3 is 2.33 bits per heavy atom. The standard InChI is InChI=1S/C15H19N3/c1-12-8-11-17-18(12)14-6-4-13(5-7-14)15(16)9-2-3-10-15/h4-8,11H,2-3,9-10,16H2,1H3. The van der Waals surface area contributed by atoms with Crippen LogP contribution in [0.2, 0.25) is 0 Å². The molecule has 3 rings (SSSR count). The Morgan fingerprint density at radius 2 is 1.78 bits per heavy atom. The highest BCUT2D eigenvalue weighted by Crippen LogP contribution is 2.36. The molecular formula is C15H19N3. The Bertz CT molecular complexity index is 533. The minimum absolute atomic E-state index is 0.0995. The van der Waals surface area contributed by atoms with E-state index in [1.54, 1.807) is 0 Å². The number of aromatic nitrogens is 2. The third-order valence-corrected chi connectivity index (χ3v) is 4.01. The van der Waals surface area contributed by atoms with Gasteiger partial charge in [0.2, 0.25) is 0 Å². The van der Waals surface area contributed by atoms with Gasteiger partial charge in [-0.2, -0.15) is 5.10 Å². The lowest BCUT2D eigenvalue weighted by atomic mass is 9.89. The predicted octanol–water partition coefficient (Wildman–Crippen LogP) is 2.91. The van der Waals surface area contributed by atoms with Gasteiger partial charge in [-0.3, -0.25) is 0 Å². The van der Waals surface area contributed by atoms with E-state index < -0.39 is 0 Å². The van der Waals surface area contributed by atoms with Crippen molar-refractivity contribution in [2.45, 2.75) is 38.1 Å². The molecule has 2 aromatic rings. The molecule has 2 N–H and O–H groups in total. The zero-order chi connectivity index (χ0) is 12.6. The van der Waals surface area contributed by atoms with E-state index in [-0.39, 0.29) is 5.54 Å². The second-order valence-corrected chi connectivity index (χ2v) is 5.29. The van der Waals surface area contributed by atoms with Crippen molar-refractivity contribution in [3.8, 4) is 5.69 Å². The first-order chi connectivity index (χ1) is 8.69. The van der Waals surface area contributed by atoms with Gasteiger partial charge in [0, 0.05) is 17.4 Å². The molecule has 1 aliphatic rings. The van der Waals surface area contributed by atoms with Gasteiger partial charge in [0.25, 0.3) is 0 Å². The highest BCUT2D eigenvalue weighted by Gasteiger charge is 2.30. The minimum atomic E-state index is -0.0995. The van der Waals surface area contributed by atoms with Crippen LogP contribution in [-0.2, 0) is 5.54 Å². The molecule has 0 saturated heterocycles. The van der Waals surface area contributed by atoms with Crippen molar-refractivity contribution in [1.29, 1.82) is 0 Å². The van der Waals surface area contributed by atoms with Gasteiger partial charge in [-0.15, -0.1) is 0 Å². The number of nitrogens with zero attached hydrogens (tertiary/aromatic N) is 2. The van der Waals surface area contributed by atoms with E-state index in [1.165, 1.54) is 18.4 Å². The molecule has 0 radical (unpaired) electrons. The van der Waals surface area contributed by atoms with Gasteiger partial charge in [0.15, 0.2) is 0 Å². The van der Waals surface area contributed by atoms with Crippen molar-refractivity contribution in [3.05, 3.63) is 47.8 Å². The third-order valence-electron chi connectivity index (χ3n) is 4.01. The summed E-state index contributed by atoms with van der Waals surface area (Å²) >= 11 is 0. The Hall–Kier alpha value is -1.61. The summed E-state index contributed by atoms with van der Waals surface area (Å²) < 4.78 is 1.95. The zero-order valence-corrected chi connectivity index (χ0v) is 10.8. The molecule has 0 bridgehead atoms. The first kappa shape index (κ1) is 11.5. The molecule has 0 atom stereocenters. The van der Waals surface area contributed by atoms with E-state index in [4.69, 9.17) is 5.73 Å². The summed E-state index contributed by atoms with van der Waals surface area (Å²) in [6.45, 7) is 2.06. The molecule has 0 amide bonds. The molecule has 18 heavy (non-hydrogen) atoms. The number of hydrogen-bond acceptors (Lipinski definition) is 2. The van der Waals surface area contributed by atoms with Gasteiger partial charge in [0.1, 0.15) is 0 Å². The average Bonchev–Trinajstić information content (AvgIpc) is 2.99. The number of rotatable bonds is 2. The van der Waals surface area contributed by atoms with Crippen LogP contribution in [0.4, 0.5) is 0 Å². The zero-order valence-electron chi connectivity index (χ0n) is 10.8. The van der Waals surface area contributed by atoms with Crippen molar-refractivity contribution in [2.24, 2.45) is 5.73 Å². The van der Waals surface area contributed by atoms with Gasteiger partial charge in [-0.25, -0.2) is 4.68 Å². The number of nitrogens with two attached hydrogens (primary N) is 1. The highest BCUT2D eigenvalue weighted by molar-refractivity contribution is 5.38. The van der Waals surface area contributed by atoms with E-state index >= 15 is 0 Å². The topological polar surface area (TPSA) is 43.8 Å². The average molecular weight is 241 g/mol. The van der Waals surface area contributed by atoms with Crippen molar-refractivity contribution >= 4 is 0 Å². The quantitative estimate of drug-likeness (QED) is 0.878. The predicted molar refractivity (Wildman–Crippen MR) is 72.6 cm³/mol. The Balaban J connectivity index is 1.92. The van der Waals surface area contributed by atoms with Crippen molar-refractivity contribution < 1.29 is 0 Å². The summed E-state index contributed by atoms with van der Waals surface area (Å²) in [7, 11) is 0. The summed E-state index contributed by atoms with van der Waals surface area (Å²) in [6.07, 6.45) is 6.53. The summed E-state index contributed by atoms with van der Waals surface area (Å²) in [6, 6.07) is 10.5. The maximum absolute atomic E-state index is 6.46. The third kappa shape index (κ3) is 1.85. The number of hydrogen-bond donors (Lipinski definition) is 1. The van der Waals surface area contributed by atoms with E-state index in [2.05, 4.69) is 36.3 Å². The van der Waals surface area contributed by atoms with Gasteiger partial charge in [-0.1, -0.05) is 25.0 Å². The van der Waals surface area contributed by atoms with Crippen LogP contribution in [0.5, 0.6) is 0 Å². The van der Waals surface area contributed by atoms with Crippen molar-refractivity contribution in [2.75, 3.05) is 0 Å². The van der Waals surface area contributed by atoms with Crippen LogP contribution in [0.1, 0.15) is 36.9 Å². The molecule has 1 aliphatic carbocycles. The number of aryl methyl sites for hydroxylation is 1. The smallest absolute Gasteiger partial charge is 0.0648 e. The lowest BCUT2D eigenvalue weighted by Crippen LogP contribution is -2.32. The monoisotopic (exact) mass is 241 g/mol. The van der Waals surface area contributed by atoms with Gasteiger partial charge in [0.05, 0.1) is 5.69 Å². The fourth-order valence-electron chi connectivity index (χ4n) is 2.87. The number of benzene rings is 1. The Kier molecular flexibility index (Phi) is 2.71. The minimum Gasteiger partial charge on any atom is -0.321 e. The second-order valence-electron chi connectivity index (χ2n) is 5.29. The van der Waals surface area contributed by atoms with Gasteiger partial charge >= 0.3 is 0 Å². The fourth-order valence-corrected chi connectivity index (χ4v) is 2.87. The highest BCUT2D eigenvalue weighted by atomic mass is 15.3. The van der Waals surface area contributed by atoms with Crippen LogP contribution in [0, 0.1) is 6.92 Å². The first-order valence-electron chi connectivity index (χ1n) is 6.59. The van der Waals surface area contributed by atoms with Crippen LogP contribution < -0.4 is 5.73 Å². The fraction of sp³-hybridized carbons (Fsp3) is 0.400. The summed E-state index contributed by atoms with van der Waals surface area (Å²) in [5, 5.41) is 4.32. The van der Waals surface area contributed by atoms with E-state index in [9.17, 15) is 0 Å². The molecule has 3 nitrogen and oxygen atoms in total. The molecule has 1 saturated carbocycles. The van der Waals surface area contributed by atoms with Crippen LogP contribution in [0.25, 0.3) is 5.69 Å². The normalized spacial score (nSPS) is 18.1. The van der Waals surface area contributed by atoms with Crippen LogP contribution in [-0.4, -0.2) is 9.78 Å². The van der Waals surface area contributed by atoms with E-state index in [0.29, 0.717) is 0 Å². The maximum Gasteiger partial charge on any atom is 0.0648 e. The van der Waals surface area contributed by atoms with Crippen LogP contribution in [0.15, 0.2) is 36.5 Å². The summed E-state index contributed by atoms with van der Waals surface area (Å²) in [4.78, 5) is 0. The van der Waals surface area contributed by atoms with Crippen LogP contribution in [0.3, 0.4) is 0 Å². The first-order valence-corrected chi connectivity index (χ1v) is 6.59. The SMILES string of the molecule is Cc1ccnn1-c1ccc(C2(N)CCCC2)cc1. The molecule has 1 fully saturated rings. The van der Waals surface area contributed by atoms with Crippen molar-refractivity contribution in [3.63, 3.8) is 0 Å². The molecular weight excluding hydrogens is 222 g/mol. The Morgan fingerprint density at radius 1 is 1.11 bits per heavy atom. The van der Waals surface area contributed by atoms with E-state index in [0.717, 1.165) is 24.2 Å².